The van der Waals surface area contributed by atoms with Crippen molar-refractivity contribution >= 4 is 23.4 Å². The maximum absolute atomic E-state index is 13.0. The van der Waals surface area contributed by atoms with E-state index < -0.39 is 5.97 Å². The second-order valence-electron chi connectivity index (χ2n) is 5.08. The zero-order valence-corrected chi connectivity index (χ0v) is 13.0. The van der Waals surface area contributed by atoms with Crippen LogP contribution in [0.15, 0.2) is 54.9 Å². The molecular formula is C17H14FN5O2. The fourth-order valence-electron chi connectivity index (χ4n) is 2.09. The van der Waals surface area contributed by atoms with Crippen molar-refractivity contribution in [2.75, 3.05) is 17.2 Å². The topological polar surface area (TPSA) is 100 Å². The van der Waals surface area contributed by atoms with Crippen LogP contribution in [0, 0.1) is 5.82 Å². The highest BCUT2D eigenvalue weighted by Crippen LogP contribution is 2.23. The number of carboxylic acids is 1. The third-order valence-corrected chi connectivity index (χ3v) is 3.20. The standard InChI is InChI=1S/C17H14FN5O2/c18-12-3-5-13(6-4-12)21-15-8-14(11-2-1-7-19-9-11)22-17(23-15)20-10-16(24)25/h1-9H,10H2,(H,24,25)(H2,20,21,22,23). The molecule has 7 nitrogen and oxygen atoms in total. The van der Waals surface area contributed by atoms with Gasteiger partial charge in [-0.05, 0) is 36.4 Å². The number of nitrogens with one attached hydrogen (secondary N) is 2. The van der Waals surface area contributed by atoms with Gasteiger partial charge in [-0.15, -0.1) is 0 Å². The number of halogens is 1. The Bertz CT molecular complexity index is 872. The van der Waals surface area contributed by atoms with Crippen LogP contribution in [0.4, 0.5) is 21.8 Å². The van der Waals surface area contributed by atoms with Crippen LogP contribution in [-0.2, 0) is 4.79 Å². The lowest BCUT2D eigenvalue weighted by Crippen LogP contribution is -2.15. The van der Waals surface area contributed by atoms with Crippen LogP contribution < -0.4 is 10.6 Å². The molecule has 126 valence electrons. The monoisotopic (exact) mass is 339 g/mol. The number of nitrogens with zero attached hydrogens (tertiary/aromatic N) is 3. The molecule has 8 heteroatoms. The molecule has 3 aromatic rings. The van der Waals surface area contributed by atoms with Gasteiger partial charge in [0.25, 0.3) is 0 Å². The second kappa shape index (κ2) is 7.35. The van der Waals surface area contributed by atoms with Gasteiger partial charge in [-0.1, -0.05) is 0 Å². The Labute approximate surface area is 142 Å². The number of hydrogen-bond acceptors (Lipinski definition) is 6. The van der Waals surface area contributed by atoms with Crippen molar-refractivity contribution in [3.05, 3.63) is 60.7 Å². The Hall–Kier alpha value is -3.55. The molecule has 0 radical (unpaired) electrons. The largest absolute Gasteiger partial charge is 0.480 e. The zero-order chi connectivity index (χ0) is 17.6. The van der Waals surface area contributed by atoms with Gasteiger partial charge in [-0.25, -0.2) is 9.37 Å². The Morgan fingerprint density at radius 3 is 2.64 bits per heavy atom. The van der Waals surface area contributed by atoms with E-state index in [0.717, 1.165) is 5.56 Å². The predicted molar refractivity (Wildman–Crippen MR) is 91.1 cm³/mol. The number of carboxylic acid groups (broad SMARTS) is 1. The molecule has 0 bridgehead atoms. The lowest BCUT2D eigenvalue weighted by atomic mass is 10.2. The highest BCUT2D eigenvalue weighted by Gasteiger charge is 2.08. The Morgan fingerprint density at radius 1 is 1.16 bits per heavy atom. The molecule has 0 amide bonds. The van der Waals surface area contributed by atoms with E-state index in [1.165, 1.54) is 12.1 Å². The SMILES string of the molecule is O=C(O)CNc1nc(Nc2ccc(F)cc2)cc(-c2cccnc2)n1. The van der Waals surface area contributed by atoms with Crippen molar-refractivity contribution in [2.45, 2.75) is 0 Å². The first-order valence-electron chi connectivity index (χ1n) is 7.38. The third-order valence-electron chi connectivity index (χ3n) is 3.20. The average molecular weight is 339 g/mol. The Morgan fingerprint density at radius 2 is 1.96 bits per heavy atom. The molecular weight excluding hydrogens is 325 g/mol. The number of benzene rings is 1. The molecule has 0 aliphatic carbocycles. The molecule has 2 heterocycles. The van der Waals surface area contributed by atoms with E-state index in [2.05, 4.69) is 25.6 Å². The van der Waals surface area contributed by atoms with Crippen molar-refractivity contribution in [3.8, 4) is 11.3 Å². The smallest absolute Gasteiger partial charge is 0.322 e. The van der Waals surface area contributed by atoms with Gasteiger partial charge in [-0.3, -0.25) is 9.78 Å². The molecule has 3 rings (SSSR count). The molecule has 25 heavy (non-hydrogen) atoms. The van der Waals surface area contributed by atoms with Crippen LogP contribution in [0.2, 0.25) is 0 Å². The van der Waals surface area contributed by atoms with Crippen LogP contribution in [0.3, 0.4) is 0 Å². The number of hydrogen-bond donors (Lipinski definition) is 3. The molecule has 0 fully saturated rings. The first-order chi connectivity index (χ1) is 12.1. The van der Waals surface area contributed by atoms with Gasteiger partial charge in [0, 0.05) is 29.7 Å². The van der Waals surface area contributed by atoms with Gasteiger partial charge in [0.1, 0.15) is 18.2 Å². The van der Waals surface area contributed by atoms with Gasteiger partial charge in [-0.2, -0.15) is 4.98 Å². The van der Waals surface area contributed by atoms with Crippen LogP contribution in [0.25, 0.3) is 11.3 Å². The summed E-state index contributed by atoms with van der Waals surface area (Å²) < 4.78 is 13.0. The molecule has 2 aromatic heterocycles. The summed E-state index contributed by atoms with van der Waals surface area (Å²) in [5.41, 5.74) is 1.97. The zero-order valence-electron chi connectivity index (χ0n) is 13.0. The predicted octanol–water partition coefficient (Wildman–Crippen LogP) is 2.92. The number of pyridine rings is 1. The molecule has 0 aliphatic heterocycles. The van der Waals surface area contributed by atoms with E-state index in [0.29, 0.717) is 17.2 Å². The van der Waals surface area contributed by atoms with Gasteiger partial charge >= 0.3 is 5.97 Å². The summed E-state index contributed by atoms with van der Waals surface area (Å²) in [7, 11) is 0. The summed E-state index contributed by atoms with van der Waals surface area (Å²) in [5.74, 6) is -0.766. The molecule has 0 saturated heterocycles. The summed E-state index contributed by atoms with van der Waals surface area (Å²) >= 11 is 0. The van der Waals surface area contributed by atoms with E-state index in [1.54, 1.807) is 36.7 Å². The minimum absolute atomic E-state index is 0.161. The van der Waals surface area contributed by atoms with Crippen molar-refractivity contribution in [3.63, 3.8) is 0 Å². The summed E-state index contributed by atoms with van der Waals surface area (Å²) in [5, 5.41) is 14.5. The van der Waals surface area contributed by atoms with Crippen LogP contribution in [-0.4, -0.2) is 32.6 Å². The fraction of sp³-hybridized carbons (Fsp3) is 0.0588. The molecule has 0 atom stereocenters. The summed E-state index contributed by atoms with van der Waals surface area (Å²) in [6.07, 6.45) is 3.29. The summed E-state index contributed by atoms with van der Waals surface area (Å²) in [6, 6.07) is 11.1. The molecule has 0 unspecified atom stereocenters. The quantitative estimate of drug-likeness (QED) is 0.635. The van der Waals surface area contributed by atoms with E-state index in [9.17, 15) is 9.18 Å². The number of carbonyl (C=O) groups is 1. The first kappa shape index (κ1) is 16.3. The van der Waals surface area contributed by atoms with Crippen molar-refractivity contribution in [1.29, 1.82) is 0 Å². The van der Waals surface area contributed by atoms with Crippen molar-refractivity contribution in [2.24, 2.45) is 0 Å². The third kappa shape index (κ3) is 4.47. The minimum Gasteiger partial charge on any atom is -0.480 e. The van der Waals surface area contributed by atoms with Gasteiger partial charge in [0.15, 0.2) is 0 Å². The second-order valence-corrected chi connectivity index (χ2v) is 5.08. The molecule has 0 aliphatic rings. The highest BCUT2D eigenvalue weighted by molar-refractivity contribution is 5.73. The van der Waals surface area contributed by atoms with Crippen molar-refractivity contribution < 1.29 is 14.3 Å². The van der Waals surface area contributed by atoms with Crippen LogP contribution >= 0.6 is 0 Å². The molecule has 1 aromatic carbocycles. The van der Waals surface area contributed by atoms with E-state index in [4.69, 9.17) is 5.11 Å². The number of aliphatic carboxylic acids is 1. The molecule has 0 saturated carbocycles. The molecule has 0 spiro atoms. The summed E-state index contributed by atoms with van der Waals surface area (Å²) in [4.78, 5) is 23.4. The lowest BCUT2D eigenvalue weighted by Gasteiger charge is -2.10. The van der Waals surface area contributed by atoms with Crippen LogP contribution in [0.1, 0.15) is 0 Å². The van der Waals surface area contributed by atoms with E-state index in [-0.39, 0.29) is 18.3 Å². The normalized spacial score (nSPS) is 10.3. The maximum Gasteiger partial charge on any atom is 0.322 e. The van der Waals surface area contributed by atoms with Crippen molar-refractivity contribution in [1.82, 2.24) is 15.0 Å². The van der Waals surface area contributed by atoms with E-state index in [1.807, 2.05) is 6.07 Å². The highest BCUT2D eigenvalue weighted by atomic mass is 19.1. The molecule has 3 N–H and O–H groups in total. The van der Waals surface area contributed by atoms with E-state index >= 15 is 0 Å². The number of anilines is 3. The van der Waals surface area contributed by atoms with Gasteiger partial charge in [0.05, 0.1) is 5.69 Å². The Balaban J connectivity index is 1.93. The lowest BCUT2D eigenvalue weighted by molar-refractivity contribution is -0.134. The number of rotatable bonds is 6. The summed E-state index contributed by atoms with van der Waals surface area (Å²) in [6.45, 7) is -0.313. The number of aromatic nitrogens is 3. The fourth-order valence-corrected chi connectivity index (χ4v) is 2.09. The van der Waals surface area contributed by atoms with Gasteiger partial charge < -0.3 is 15.7 Å². The van der Waals surface area contributed by atoms with Gasteiger partial charge in [0.2, 0.25) is 5.95 Å². The van der Waals surface area contributed by atoms with Crippen LogP contribution in [0.5, 0.6) is 0 Å². The minimum atomic E-state index is -1.02. The Kier molecular flexibility index (Phi) is 4.79. The maximum atomic E-state index is 13.0. The average Bonchev–Trinajstić information content (AvgIpc) is 2.62. The first-order valence-corrected chi connectivity index (χ1v) is 7.38.